The number of carbonyl (C=O) groups excluding carboxylic acids is 1. The second kappa shape index (κ2) is 13.1. The number of ether oxygens (including phenoxy) is 2. The van der Waals surface area contributed by atoms with Crippen LogP contribution in [0.4, 0.5) is 0 Å². The molecule has 0 amide bonds. The van der Waals surface area contributed by atoms with Crippen molar-refractivity contribution >= 4 is 57.5 Å². The van der Waals surface area contributed by atoms with E-state index in [0.717, 1.165) is 32.4 Å². The maximum Gasteiger partial charge on any atom is 0.338 e. The third-order valence-electron chi connectivity index (χ3n) is 7.53. The zero-order valence-electron chi connectivity index (χ0n) is 25.2. The smallest absolute Gasteiger partial charge is 0.338 e. The Morgan fingerprint density at radius 3 is 2.49 bits per heavy atom. The summed E-state index contributed by atoms with van der Waals surface area (Å²) in [5, 5.41) is 2.64. The van der Waals surface area contributed by atoms with E-state index in [0.29, 0.717) is 38.0 Å². The number of aromatic nitrogens is 1. The monoisotopic (exact) mass is 654 g/mol. The van der Waals surface area contributed by atoms with Crippen molar-refractivity contribution in [1.29, 1.82) is 0 Å². The van der Waals surface area contributed by atoms with Gasteiger partial charge in [-0.2, -0.15) is 0 Å². The van der Waals surface area contributed by atoms with Gasteiger partial charge in [0.25, 0.3) is 5.56 Å². The van der Waals surface area contributed by atoms with Crippen LogP contribution in [-0.2, 0) is 16.1 Å². The van der Waals surface area contributed by atoms with E-state index in [1.165, 1.54) is 11.3 Å². The molecular formula is C36H31ClN2O4S2. The molecule has 1 atom stereocenters. The molecule has 0 bridgehead atoms. The minimum Gasteiger partial charge on any atom is -0.488 e. The number of benzene rings is 4. The van der Waals surface area contributed by atoms with Gasteiger partial charge >= 0.3 is 5.97 Å². The number of thioether (sulfide) groups is 1. The molecule has 0 fully saturated rings. The van der Waals surface area contributed by atoms with Crippen molar-refractivity contribution in [3.8, 4) is 5.75 Å². The Bertz CT molecular complexity index is 2110. The average molecular weight is 655 g/mol. The molecule has 0 spiro atoms. The van der Waals surface area contributed by atoms with Crippen molar-refractivity contribution in [3.05, 3.63) is 138 Å². The summed E-state index contributed by atoms with van der Waals surface area (Å²) in [6.45, 7) is 5.75. The number of hydrogen-bond donors (Lipinski definition) is 0. The number of fused-ring (bicyclic) bond motifs is 2. The first-order chi connectivity index (χ1) is 21.7. The van der Waals surface area contributed by atoms with Crippen LogP contribution in [0.25, 0.3) is 16.8 Å². The molecule has 6 rings (SSSR count). The molecule has 1 aromatic heterocycles. The molecule has 1 aliphatic heterocycles. The van der Waals surface area contributed by atoms with Gasteiger partial charge in [0.1, 0.15) is 12.4 Å². The Hall–Kier alpha value is -4.11. The third-order valence-corrected chi connectivity index (χ3v) is 9.51. The van der Waals surface area contributed by atoms with Gasteiger partial charge < -0.3 is 9.47 Å². The zero-order valence-corrected chi connectivity index (χ0v) is 27.6. The molecule has 2 heterocycles. The molecule has 45 heavy (non-hydrogen) atoms. The highest BCUT2D eigenvalue weighted by atomic mass is 35.5. The van der Waals surface area contributed by atoms with E-state index >= 15 is 0 Å². The van der Waals surface area contributed by atoms with Gasteiger partial charge in [-0.25, -0.2) is 9.79 Å². The summed E-state index contributed by atoms with van der Waals surface area (Å²) >= 11 is 9.00. The van der Waals surface area contributed by atoms with E-state index in [1.54, 1.807) is 23.3 Å². The van der Waals surface area contributed by atoms with E-state index in [4.69, 9.17) is 26.1 Å². The molecule has 0 N–H and O–H groups in total. The van der Waals surface area contributed by atoms with Crippen LogP contribution in [0.15, 0.2) is 111 Å². The summed E-state index contributed by atoms with van der Waals surface area (Å²) in [4.78, 5) is 34.1. The molecule has 9 heteroatoms. The average Bonchev–Trinajstić information content (AvgIpc) is 3.34. The van der Waals surface area contributed by atoms with E-state index < -0.39 is 12.0 Å². The lowest BCUT2D eigenvalue weighted by Crippen LogP contribution is -2.40. The van der Waals surface area contributed by atoms with Gasteiger partial charge in [0.05, 0.1) is 27.9 Å². The lowest BCUT2D eigenvalue weighted by Gasteiger charge is -2.25. The first-order valence-electron chi connectivity index (χ1n) is 14.5. The molecule has 228 valence electrons. The van der Waals surface area contributed by atoms with E-state index in [9.17, 15) is 9.59 Å². The topological polar surface area (TPSA) is 69.9 Å². The maximum atomic E-state index is 14.3. The second-order valence-electron chi connectivity index (χ2n) is 10.9. The quantitative estimate of drug-likeness (QED) is 0.130. The molecular weight excluding hydrogens is 624 g/mol. The Balaban J connectivity index is 1.51. The summed E-state index contributed by atoms with van der Waals surface area (Å²) < 4.78 is 14.1. The van der Waals surface area contributed by atoms with Crippen LogP contribution in [0.2, 0.25) is 5.02 Å². The van der Waals surface area contributed by atoms with Crippen LogP contribution in [0.3, 0.4) is 0 Å². The maximum absolute atomic E-state index is 14.3. The number of esters is 1. The zero-order chi connectivity index (χ0) is 31.7. The highest BCUT2D eigenvalue weighted by molar-refractivity contribution is 7.98. The van der Waals surface area contributed by atoms with Crippen molar-refractivity contribution in [3.63, 3.8) is 0 Å². The van der Waals surface area contributed by atoms with Gasteiger partial charge in [0, 0.05) is 15.5 Å². The normalized spacial score (nSPS) is 14.9. The molecule has 5 aromatic rings. The van der Waals surface area contributed by atoms with Crippen molar-refractivity contribution in [2.75, 3.05) is 6.26 Å². The number of thiazole rings is 1. The Labute approximate surface area is 274 Å². The molecule has 0 unspecified atom stereocenters. The Kier molecular flexibility index (Phi) is 8.99. The largest absolute Gasteiger partial charge is 0.488 e. The standard InChI is InChI=1S/C36H31ClN2O4S2/c1-21(2)43-35(41)32-22(3)38-36-39(33(32)25-11-16-27(44-4)17-12-25)34(40)31(45-36)19-29-28-8-6-5-7-24(28)13-18-30(29)42-20-23-9-14-26(37)15-10-23/h5-19,21,33H,20H2,1-4H3/b31-19-/t33-/m1/s1. The number of carbonyl (C=O) groups is 1. The van der Waals surface area contributed by atoms with Crippen molar-refractivity contribution in [2.24, 2.45) is 4.99 Å². The van der Waals surface area contributed by atoms with Crippen LogP contribution in [-0.4, -0.2) is 22.9 Å². The van der Waals surface area contributed by atoms with Gasteiger partial charge in [-0.05, 0) is 85.3 Å². The van der Waals surface area contributed by atoms with Crippen LogP contribution in [0, 0.1) is 0 Å². The van der Waals surface area contributed by atoms with Crippen molar-refractivity contribution in [1.82, 2.24) is 4.57 Å². The van der Waals surface area contributed by atoms with Gasteiger partial charge in [-0.3, -0.25) is 9.36 Å². The predicted octanol–water partition coefficient (Wildman–Crippen LogP) is 7.29. The van der Waals surface area contributed by atoms with Crippen molar-refractivity contribution in [2.45, 2.75) is 44.4 Å². The van der Waals surface area contributed by atoms with Crippen LogP contribution >= 0.6 is 34.7 Å². The molecule has 0 aliphatic carbocycles. The summed E-state index contributed by atoms with van der Waals surface area (Å²) in [6.07, 6.45) is 3.57. The Morgan fingerprint density at radius 1 is 1.04 bits per heavy atom. The summed E-state index contributed by atoms with van der Waals surface area (Å²) in [7, 11) is 0. The number of rotatable bonds is 8. The molecule has 0 saturated carbocycles. The second-order valence-corrected chi connectivity index (χ2v) is 13.2. The van der Waals surface area contributed by atoms with Gasteiger partial charge in [0.2, 0.25) is 0 Å². The molecule has 6 nitrogen and oxygen atoms in total. The number of halogens is 1. The predicted molar refractivity (Wildman–Crippen MR) is 183 cm³/mol. The van der Waals surface area contributed by atoms with Crippen LogP contribution < -0.4 is 19.6 Å². The van der Waals surface area contributed by atoms with E-state index in [1.807, 2.05) is 111 Å². The summed E-state index contributed by atoms with van der Waals surface area (Å²) in [6, 6.07) is 26.7. The van der Waals surface area contributed by atoms with Crippen LogP contribution in [0.1, 0.15) is 43.5 Å². The fourth-order valence-corrected chi connectivity index (χ4v) is 6.95. The van der Waals surface area contributed by atoms with Gasteiger partial charge in [0.15, 0.2) is 4.80 Å². The minimum absolute atomic E-state index is 0.239. The SMILES string of the molecule is CSc1ccc([C@@H]2C(C(=O)OC(C)C)=C(C)N=c3s/c(=C\c4c(OCc5ccc(Cl)cc5)ccc5ccccc45)c(=O)n32)cc1. The van der Waals surface area contributed by atoms with Gasteiger partial charge in [-0.15, -0.1) is 11.8 Å². The van der Waals surface area contributed by atoms with Crippen molar-refractivity contribution < 1.29 is 14.3 Å². The minimum atomic E-state index is -0.682. The molecule has 1 aliphatic rings. The molecule has 0 saturated heterocycles. The lowest BCUT2D eigenvalue weighted by molar-refractivity contribution is -0.143. The molecule has 4 aromatic carbocycles. The first-order valence-corrected chi connectivity index (χ1v) is 16.9. The van der Waals surface area contributed by atoms with E-state index in [2.05, 4.69) is 0 Å². The number of hydrogen-bond acceptors (Lipinski definition) is 7. The number of nitrogens with zero attached hydrogens (tertiary/aromatic N) is 2. The fraction of sp³-hybridized carbons (Fsp3) is 0.194. The highest BCUT2D eigenvalue weighted by Gasteiger charge is 2.33. The third kappa shape index (κ3) is 6.36. The van der Waals surface area contributed by atoms with E-state index in [-0.39, 0.29) is 11.7 Å². The lowest BCUT2D eigenvalue weighted by atomic mass is 9.96. The number of allylic oxidation sites excluding steroid dienone is 1. The highest BCUT2D eigenvalue weighted by Crippen LogP contribution is 2.33. The fourth-order valence-electron chi connectivity index (χ4n) is 5.38. The van der Waals surface area contributed by atoms with Gasteiger partial charge in [-0.1, -0.05) is 77.5 Å². The van der Waals surface area contributed by atoms with Crippen LogP contribution in [0.5, 0.6) is 5.75 Å². The Morgan fingerprint density at radius 2 is 1.78 bits per heavy atom. The molecule has 0 radical (unpaired) electrons. The first kappa shape index (κ1) is 30.9. The summed E-state index contributed by atoms with van der Waals surface area (Å²) in [5.74, 6) is 0.169. The summed E-state index contributed by atoms with van der Waals surface area (Å²) in [5.41, 5.74) is 3.23.